The normalized spacial score (nSPS) is 10.6. The van der Waals surface area contributed by atoms with E-state index in [1.165, 1.54) is 6.39 Å². The van der Waals surface area contributed by atoms with Crippen molar-refractivity contribution >= 4 is 6.01 Å². The van der Waals surface area contributed by atoms with Crippen LogP contribution in [0.1, 0.15) is 11.7 Å². The van der Waals surface area contributed by atoms with Crippen LogP contribution in [0.4, 0.5) is 6.01 Å². The molecule has 0 saturated heterocycles. The molecule has 0 unspecified atom stereocenters. The van der Waals surface area contributed by atoms with E-state index >= 15 is 0 Å². The summed E-state index contributed by atoms with van der Waals surface area (Å²) in [6.45, 7) is 1.09. The van der Waals surface area contributed by atoms with Crippen LogP contribution in [0.5, 0.6) is 0 Å². The van der Waals surface area contributed by atoms with Crippen LogP contribution in [0, 0.1) is 0 Å². The summed E-state index contributed by atoms with van der Waals surface area (Å²) in [5.74, 6) is 1.17. The Morgan fingerprint density at radius 3 is 3.00 bits per heavy atom. The molecule has 0 saturated carbocycles. The fourth-order valence-corrected chi connectivity index (χ4v) is 1.13. The molecule has 8 heteroatoms. The Labute approximate surface area is 91.2 Å². The lowest BCUT2D eigenvalue weighted by molar-refractivity contribution is 0.410. The predicted octanol–water partition coefficient (Wildman–Crippen LogP) is -0.392. The van der Waals surface area contributed by atoms with Crippen LogP contribution in [0.3, 0.4) is 0 Å². The number of nitrogens with one attached hydrogen (secondary N) is 1. The van der Waals surface area contributed by atoms with Gasteiger partial charge in [0.05, 0.1) is 0 Å². The third kappa shape index (κ3) is 2.76. The first kappa shape index (κ1) is 10.6. The quantitative estimate of drug-likeness (QED) is 0.681. The van der Waals surface area contributed by atoms with Gasteiger partial charge in [0.2, 0.25) is 12.3 Å². The fourth-order valence-electron chi connectivity index (χ4n) is 1.13. The topological polar surface area (TPSA) is 116 Å². The number of anilines is 1. The lowest BCUT2D eigenvalue weighted by Crippen LogP contribution is -2.06. The van der Waals surface area contributed by atoms with Crippen LogP contribution in [-0.2, 0) is 12.8 Å². The first-order valence-electron chi connectivity index (χ1n) is 4.90. The van der Waals surface area contributed by atoms with Gasteiger partial charge in [-0.25, -0.2) is 0 Å². The molecule has 0 fully saturated rings. The van der Waals surface area contributed by atoms with Gasteiger partial charge in [-0.05, 0) is 0 Å². The van der Waals surface area contributed by atoms with Crippen molar-refractivity contribution in [3.63, 3.8) is 0 Å². The molecule has 0 atom stereocenters. The van der Waals surface area contributed by atoms with Crippen molar-refractivity contribution in [2.75, 3.05) is 18.4 Å². The van der Waals surface area contributed by atoms with Crippen LogP contribution in [0.2, 0.25) is 0 Å². The summed E-state index contributed by atoms with van der Waals surface area (Å²) in [4.78, 5) is 3.88. The minimum absolute atomic E-state index is 0.381. The van der Waals surface area contributed by atoms with Crippen molar-refractivity contribution in [1.82, 2.24) is 20.3 Å². The lowest BCUT2D eigenvalue weighted by atomic mass is 10.4. The average molecular weight is 224 g/mol. The molecule has 2 aromatic rings. The summed E-state index contributed by atoms with van der Waals surface area (Å²) in [5, 5.41) is 14.3. The third-order valence-electron chi connectivity index (χ3n) is 1.86. The molecule has 8 nitrogen and oxygen atoms in total. The summed E-state index contributed by atoms with van der Waals surface area (Å²) >= 11 is 0. The van der Waals surface area contributed by atoms with Crippen molar-refractivity contribution in [1.29, 1.82) is 0 Å². The van der Waals surface area contributed by atoms with Gasteiger partial charge in [-0.3, -0.25) is 0 Å². The summed E-state index contributed by atoms with van der Waals surface area (Å²) in [6.07, 6.45) is 2.51. The molecule has 0 aliphatic carbocycles. The fraction of sp³-hybridized carbons (Fsp3) is 0.500. The predicted molar refractivity (Wildman–Crippen MR) is 53.5 cm³/mol. The van der Waals surface area contributed by atoms with Gasteiger partial charge in [-0.15, -0.1) is 5.10 Å². The number of nitrogens with two attached hydrogens (primary N) is 1. The van der Waals surface area contributed by atoms with E-state index in [2.05, 4.69) is 30.2 Å². The molecule has 2 rings (SSSR count). The highest BCUT2D eigenvalue weighted by molar-refractivity contribution is 5.16. The minimum atomic E-state index is 0.381. The van der Waals surface area contributed by atoms with Gasteiger partial charge < -0.3 is 20.0 Å². The van der Waals surface area contributed by atoms with Crippen LogP contribution in [0.15, 0.2) is 15.3 Å². The zero-order valence-electron chi connectivity index (χ0n) is 8.59. The Kier molecular flexibility index (Phi) is 3.44. The Morgan fingerprint density at radius 1 is 1.31 bits per heavy atom. The van der Waals surface area contributed by atoms with Gasteiger partial charge in [-0.2, -0.15) is 4.98 Å². The molecule has 2 heterocycles. The summed E-state index contributed by atoms with van der Waals surface area (Å²) < 4.78 is 9.87. The maximum atomic E-state index is 5.36. The molecule has 0 aromatic carbocycles. The van der Waals surface area contributed by atoms with E-state index in [1.807, 2.05) is 0 Å². The highest BCUT2D eigenvalue weighted by atomic mass is 16.5. The first-order valence-corrected chi connectivity index (χ1v) is 4.90. The second-order valence-electron chi connectivity index (χ2n) is 3.06. The van der Waals surface area contributed by atoms with E-state index in [4.69, 9.17) is 10.2 Å². The SMILES string of the molecule is NCCc1nnc(NCCc2ncon2)o1. The van der Waals surface area contributed by atoms with E-state index in [-0.39, 0.29) is 0 Å². The van der Waals surface area contributed by atoms with E-state index < -0.39 is 0 Å². The standard InChI is InChI=1S/C8H12N6O2/c9-3-1-7-12-13-8(16-7)10-4-2-6-11-5-15-14-6/h5H,1-4,9H2,(H,10,13). The van der Waals surface area contributed by atoms with Crippen molar-refractivity contribution in [3.8, 4) is 0 Å². The van der Waals surface area contributed by atoms with Gasteiger partial charge in [-0.1, -0.05) is 10.3 Å². The zero-order chi connectivity index (χ0) is 11.2. The van der Waals surface area contributed by atoms with E-state index in [0.29, 0.717) is 43.7 Å². The van der Waals surface area contributed by atoms with Crippen molar-refractivity contribution < 1.29 is 8.94 Å². The highest BCUT2D eigenvalue weighted by Crippen LogP contribution is 2.05. The first-order chi connectivity index (χ1) is 7.88. The molecule has 0 amide bonds. The number of aromatic nitrogens is 4. The lowest BCUT2D eigenvalue weighted by Gasteiger charge is -1.96. The largest absolute Gasteiger partial charge is 0.408 e. The van der Waals surface area contributed by atoms with Crippen molar-refractivity contribution in [3.05, 3.63) is 18.1 Å². The maximum Gasteiger partial charge on any atom is 0.315 e. The Hall–Kier alpha value is -1.96. The van der Waals surface area contributed by atoms with Gasteiger partial charge in [0.25, 0.3) is 0 Å². The van der Waals surface area contributed by atoms with Gasteiger partial charge >= 0.3 is 6.01 Å². The molecule has 2 aromatic heterocycles. The smallest absolute Gasteiger partial charge is 0.315 e. The Bertz CT molecular complexity index is 412. The van der Waals surface area contributed by atoms with Crippen LogP contribution < -0.4 is 11.1 Å². The number of nitrogens with zero attached hydrogens (tertiary/aromatic N) is 4. The molecule has 0 aliphatic rings. The van der Waals surface area contributed by atoms with Gasteiger partial charge in [0.15, 0.2) is 5.82 Å². The molecular weight excluding hydrogens is 212 g/mol. The Morgan fingerprint density at radius 2 is 2.25 bits per heavy atom. The van der Waals surface area contributed by atoms with E-state index in [0.717, 1.165) is 0 Å². The van der Waals surface area contributed by atoms with E-state index in [9.17, 15) is 0 Å². The summed E-state index contributed by atoms with van der Waals surface area (Å²) in [7, 11) is 0. The molecule has 16 heavy (non-hydrogen) atoms. The van der Waals surface area contributed by atoms with E-state index in [1.54, 1.807) is 0 Å². The van der Waals surface area contributed by atoms with Gasteiger partial charge in [0.1, 0.15) is 0 Å². The number of hydrogen-bond donors (Lipinski definition) is 2. The molecule has 0 aliphatic heterocycles. The van der Waals surface area contributed by atoms with Crippen molar-refractivity contribution in [2.24, 2.45) is 5.73 Å². The summed E-state index contributed by atoms with van der Waals surface area (Å²) in [5.41, 5.74) is 5.36. The molecule has 0 spiro atoms. The van der Waals surface area contributed by atoms with Crippen LogP contribution >= 0.6 is 0 Å². The monoisotopic (exact) mass is 224 g/mol. The molecule has 0 bridgehead atoms. The zero-order valence-corrected chi connectivity index (χ0v) is 8.59. The van der Waals surface area contributed by atoms with Crippen molar-refractivity contribution in [2.45, 2.75) is 12.8 Å². The summed E-state index contributed by atoms with van der Waals surface area (Å²) in [6, 6.07) is 0.381. The van der Waals surface area contributed by atoms with Crippen LogP contribution in [0.25, 0.3) is 0 Å². The molecule has 86 valence electrons. The molecule has 0 radical (unpaired) electrons. The number of hydrogen-bond acceptors (Lipinski definition) is 8. The number of rotatable bonds is 6. The Balaban J connectivity index is 1.76. The second kappa shape index (κ2) is 5.21. The minimum Gasteiger partial charge on any atom is -0.408 e. The van der Waals surface area contributed by atoms with Gasteiger partial charge in [0, 0.05) is 25.9 Å². The third-order valence-corrected chi connectivity index (χ3v) is 1.86. The molecule has 3 N–H and O–H groups in total. The average Bonchev–Trinajstić information content (AvgIpc) is 2.90. The van der Waals surface area contributed by atoms with Crippen LogP contribution in [-0.4, -0.2) is 33.4 Å². The second-order valence-corrected chi connectivity index (χ2v) is 3.06. The molecular formula is C8H12N6O2. The maximum absolute atomic E-state index is 5.36. The highest BCUT2D eigenvalue weighted by Gasteiger charge is 2.04.